The molecule has 0 aromatic rings. The fourth-order valence-corrected chi connectivity index (χ4v) is 4.32. The van der Waals surface area contributed by atoms with E-state index in [1.165, 1.54) is 0 Å². The molecule has 0 aliphatic heterocycles. The predicted octanol–water partition coefficient (Wildman–Crippen LogP) is -1.40. The quantitative estimate of drug-likeness (QED) is 0.247. The van der Waals surface area contributed by atoms with E-state index in [4.69, 9.17) is 44.3 Å². The molecule has 132 valence electrons. The molecule has 0 heterocycles. The molecule has 0 aliphatic carbocycles. The monoisotopic (exact) mass is 398 g/mol. The summed E-state index contributed by atoms with van der Waals surface area (Å²) in [6.07, 6.45) is 0. The zero-order chi connectivity index (χ0) is 18.1. The van der Waals surface area contributed by atoms with Crippen LogP contribution in [0.3, 0.4) is 0 Å². The molecule has 0 atom stereocenters. The first-order chi connectivity index (χ1) is 8.83. The second-order valence-corrected chi connectivity index (χ2v) is 10.8. The predicted molar refractivity (Wildman–Crippen MR) is 70.7 cm³/mol. The Morgan fingerprint density at radius 3 is 0.667 bits per heavy atom. The Labute approximate surface area is 119 Å². The van der Waals surface area contributed by atoms with Gasteiger partial charge < -0.3 is 44.3 Å². The Balaban J connectivity index is -0.000000260. The van der Waals surface area contributed by atoms with Gasteiger partial charge in [-0.1, -0.05) is 0 Å². The molecule has 0 saturated heterocycles. The smallest absolute Gasteiger partial charge is 0.337 e. The number of hydrogen-bond acceptors (Lipinski definition) is 5. The topological polar surface area (TPSA) is 250 Å². The van der Waals surface area contributed by atoms with Crippen LogP contribution in [-0.4, -0.2) is 62.7 Å². The zero-order valence-corrected chi connectivity index (χ0v) is 14.1. The number of rotatable bonds is 4. The lowest BCUT2D eigenvalue weighted by Crippen LogP contribution is -1.88. The molecule has 0 aromatic heterocycles. The average Bonchev–Trinajstić information content (AvgIpc) is 1.88. The van der Waals surface area contributed by atoms with E-state index in [2.05, 4.69) is 0 Å². The van der Waals surface area contributed by atoms with Crippen LogP contribution in [0.2, 0.25) is 0 Å². The average molecular weight is 398 g/mol. The lowest BCUT2D eigenvalue weighted by molar-refractivity contribution is 0.318. The molecule has 17 heteroatoms. The second kappa shape index (κ2) is 10.4. The first-order valence-corrected chi connectivity index (χ1v) is 11.8. The normalized spacial score (nSPS) is 12.7. The van der Waals surface area contributed by atoms with E-state index in [0.29, 0.717) is 0 Å². The van der Waals surface area contributed by atoms with E-state index in [9.17, 15) is 18.3 Å². The summed E-state index contributed by atoms with van der Waals surface area (Å²) < 4.78 is 39.4. The van der Waals surface area contributed by atoms with E-state index in [0.717, 1.165) is 0 Å². The summed E-state index contributed by atoms with van der Waals surface area (Å²) in [6.45, 7) is 1.93. The van der Waals surface area contributed by atoms with Crippen molar-refractivity contribution in [3.05, 3.63) is 0 Å². The molecule has 0 aliphatic rings. The van der Waals surface area contributed by atoms with Gasteiger partial charge in [0.05, 0.1) is 0 Å². The molecule has 0 saturated carbocycles. The van der Waals surface area contributed by atoms with Crippen LogP contribution in [0.5, 0.6) is 0 Å². The van der Waals surface area contributed by atoms with Crippen molar-refractivity contribution in [3.8, 4) is 0 Å². The van der Waals surface area contributed by atoms with Crippen LogP contribution in [0, 0.1) is 0 Å². The summed E-state index contributed by atoms with van der Waals surface area (Å²) in [7, 11) is -18.2. The van der Waals surface area contributed by atoms with Crippen LogP contribution in [-0.2, 0) is 18.3 Å². The molecule has 9 N–H and O–H groups in total. The summed E-state index contributed by atoms with van der Waals surface area (Å²) >= 11 is 0. The molecule has 0 spiro atoms. The molecule has 0 fully saturated rings. The maximum Gasteiger partial charge on any atom is 0.337 e. The standard InChI is InChI=1S/C2H6O.2CH6O6P2/c1-2-3;2*2-8(3,4)1-9(5,6)7/h3H,2H2,1H3;2*1H2,(H2,2,3,4)(H2,5,6,7). The van der Waals surface area contributed by atoms with E-state index in [-0.39, 0.29) is 6.61 Å². The van der Waals surface area contributed by atoms with Gasteiger partial charge in [0.15, 0.2) is 11.8 Å². The van der Waals surface area contributed by atoms with Crippen molar-refractivity contribution in [2.75, 3.05) is 18.4 Å². The van der Waals surface area contributed by atoms with E-state index in [1.54, 1.807) is 6.92 Å². The van der Waals surface area contributed by atoms with Crippen LogP contribution < -0.4 is 0 Å². The van der Waals surface area contributed by atoms with Gasteiger partial charge in [-0.3, -0.25) is 18.3 Å². The Morgan fingerprint density at radius 2 is 0.667 bits per heavy atom. The lowest BCUT2D eigenvalue weighted by Gasteiger charge is -2.03. The number of hydrogen-bond donors (Lipinski definition) is 9. The SMILES string of the molecule is CCO.O=P(O)(O)CP(=O)(O)O.O=P(O)(O)CP(=O)(O)O. The van der Waals surface area contributed by atoms with Gasteiger partial charge in [-0.2, -0.15) is 0 Å². The van der Waals surface area contributed by atoms with Crippen molar-refractivity contribution in [1.29, 1.82) is 0 Å². The van der Waals surface area contributed by atoms with Gasteiger partial charge in [0, 0.05) is 6.61 Å². The molecule has 0 aromatic carbocycles. The molecule has 21 heavy (non-hydrogen) atoms. The van der Waals surface area contributed by atoms with Crippen LogP contribution in [0.15, 0.2) is 0 Å². The second-order valence-electron chi connectivity index (χ2n) is 3.26. The third kappa shape index (κ3) is 44.9. The Hall–Kier alpha value is 0.560. The maximum absolute atomic E-state index is 9.85. The highest BCUT2D eigenvalue weighted by atomic mass is 31.2. The fraction of sp³-hybridized carbons (Fsp3) is 1.00. The van der Waals surface area contributed by atoms with E-state index >= 15 is 0 Å². The molecular formula is C4H18O13P4. The van der Waals surface area contributed by atoms with Crippen molar-refractivity contribution < 1.29 is 62.5 Å². The van der Waals surface area contributed by atoms with Gasteiger partial charge >= 0.3 is 30.4 Å². The molecule has 0 amide bonds. The minimum atomic E-state index is -4.55. The summed E-state index contributed by atoms with van der Waals surface area (Å²) in [6, 6.07) is 0. The molecule has 0 radical (unpaired) electrons. The molecule has 13 nitrogen and oxygen atoms in total. The Morgan fingerprint density at radius 1 is 0.571 bits per heavy atom. The number of aliphatic hydroxyl groups excluding tert-OH is 1. The van der Waals surface area contributed by atoms with Crippen LogP contribution in [0.4, 0.5) is 0 Å². The Kier molecular flexibility index (Phi) is 13.0. The molecule has 0 rings (SSSR count). The van der Waals surface area contributed by atoms with E-state index < -0.39 is 42.2 Å². The van der Waals surface area contributed by atoms with Gasteiger partial charge in [0.25, 0.3) is 0 Å². The van der Waals surface area contributed by atoms with Gasteiger partial charge in [0.2, 0.25) is 0 Å². The number of aliphatic hydroxyl groups is 1. The molecule has 0 bridgehead atoms. The Bertz CT molecular complexity index is 365. The van der Waals surface area contributed by atoms with Gasteiger partial charge in [-0.25, -0.2) is 0 Å². The highest BCUT2D eigenvalue weighted by Gasteiger charge is 2.27. The third-order valence-electron chi connectivity index (χ3n) is 0.737. The van der Waals surface area contributed by atoms with Crippen molar-refractivity contribution in [2.24, 2.45) is 0 Å². The minimum absolute atomic E-state index is 0.250. The first kappa shape index (κ1) is 26.5. The summed E-state index contributed by atoms with van der Waals surface area (Å²) in [5.41, 5.74) is 0. The van der Waals surface area contributed by atoms with E-state index in [1.807, 2.05) is 0 Å². The van der Waals surface area contributed by atoms with Crippen molar-refractivity contribution in [3.63, 3.8) is 0 Å². The summed E-state index contributed by atoms with van der Waals surface area (Å²) in [5, 5.41) is 7.57. The van der Waals surface area contributed by atoms with Crippen LogP contribution in [0.25, 0.3) is 0 Å². The van der Waals surface area contributed by atoms with Crippen molar-refractivity contribution in [2.45, 2.75) is 6.92 Å². The minimum Gasteiger partial charge on any atom is -0.397 e. The van der Waals surface area contributed by atoms with Crippen molar-refractivity contribution in [1.82, 2.24) is 0 Å². The highest BCUT2D eigenvalue weighted by Crippen LogP contribution is 2.52. The highest BCUT2D eigenvalue weighted by molar-refractivity contribution is 7.69. The summed E-state index contributed by atoms with van der Waals surface area (Å²) in [4.78, 5) is 63.8. The molecular weight excluding hydrogens is 380 g/mol. The van der Waals surface area contributed by atoms with Crippen LogP contribution in [0.1, 0.15) is 6.92 Å². The van der Waals surface area contributed by atoms with Crippen LogP contribution >= 0.6 is 30.4 Å². The largest absolute Gasteiger partial charge is 0.397 e. The zero-order valence-electron chi connectivity index (χ0n) is 10.6. The van der Waals surface area contributed by atoms with Gasteiger partial charge in [-0.15, -0.1) is 0 Å². The van der Waals surface area contributed by atoms with Gasteiger partial charge in [-0.05, 0) is 6.92 Å². The first-order valence-electron chi connectivity index (χ1n) is 4.62. The third-order valence-corrected chi connectivity index (χ3v) is 6.63. The summed E-state index contributed by atoms with van der Waals surface area (Å²) in [5.74, 6) is -2.75. The fourth-order valence-electron chi connectivity index (χ4n) is 0.480. The van der Waals surface area contributed by atoms with Gasteiger partial charge in [0.1, 0.15) is 0 Å². The maximum atomic E-state index is 9.85. The van der Waals surface area contributed by atoms with Crippen molar-refractivity contribution >= 4 is 30.4 Å². The molecule has 0 unspecified atom stereocenters. The lowest BCUT2D eigenvalue weighted by atomic mass is 10.9.